The summed E-state index contributed by atoms with van der Waals surface area (Å²) in [7, 11) is 0. The van der Waals surface area contributed by atoms with E-state index in [9.17, 15) is 4.79 Å². The zero-order chi connectivity index (χ0) is 14.7. The van der Waals surface area contributed by atoms with Crippen LogP contribution in [0.3, 0.4) is 0 Å². The first kappa shape index (κ1) is 14.4. The third-order valence-electron chi connectivity index (χ3n) is 4.64. The molecule has 0 aromatic heterocycles. The van der Waals surface area contributed by atoms with E-state index >= 15 is 0 Å². The maximum Gasteiger partial charge on any atom is 0.241 e. The van der Waals surface area contributed by atoms with Crippen LogP contribution in [0.5, 0.6) is 0 Å². The van der Waals surface area contributed by atoms with Crippen LogP contribution in [0.2, 0.25) is 0 Å². The Morgan fingerprint density at radius 2 is 2.10 bits per heavy atom. The van der Waals surface area contributed by atoms with Crippen LogP contribution < -0.4 is 15.5 Å². The number of nitrogens with one attached hydrogen (secondary N) is 2. The van der Waals surface area contributed by atoms with E-state index in [1.807, 2.05) is 12.1 Å². The molecule has 1 aromatic rings. The number of amides is 1. The quantitative estimate of drug-likeness (QED) is 0.898. The van der Waals surface area contributed by atoms with Crippen molar-refractivity contribution >= 4 is 17.3 Å². The van der Waals surface area contributed by atoms with E-state index in [0.717, 1.165) is 44.1 Å². The van der Waals surface area contributed by atoms with E-state index in [0.29, 0.717) is 0 Å². The van der Waals surface area contributed by atoms with Gasteiger partial charge < -0.3 is 15.5 Å². The van der Waals surface area contributed by atoms with Crippen molar-refractivity contribution in [1.82, 2.24) is 5.32 Å². The fourth-order valence-electron chi connectivity index (χ4n) is 3.18. The fraction of sp³-hybridized carbons (Fsp3) is 0.588. The van der Waals surface area contributed by atoms with E-state index in [1.165, 1.54) is 18.5 Å². The average molecular weight is 287 g/mol. The molecule has 4 heteroatoms. The van der Waals surface area contributed by atoms with Crippen molar-refractivity contribution in [3.8, 4) is 0 Å². The molecule has 2 aliphatic heterocycles. The molecule has 1 aromatic carbocycles. The van der Waals surface area contributed by atoms with E-state index in [4.69, 9.17) is 0 Å². The van der Waals surface area contributed by atoms with E-state index < -0.39 is 0 Å². The van der Waals surface area contributed by atoms with Gasteiger partial charge in [0.2, 0.25) is 5.91 Å². The third kappa shape index (κ3) is 3.56. The first-order valence-electron chi connectivity index (χ1n) is 8.11. The second kappa shape index (κ2) is 6.48. The van der Waals surface area contributed by atoms with Crippen molar-refractivity contribution in [3.63, 3.8) is 0 Å². The highest BCUT2D eigenvalue weighted by Crippen LogP contribution is 2.25. The predicted octanol–water partition coefficient (Wildman–Crippen LogP) is 2.61. The Labute approximate surface area is 126 Å². The Bertz CT molecular complexity index is 489. The van der Waals surface area contributed by atoms with Crippen molar-refractivity contribution < 1.29 is 4.79 Å². The maximum absolute atomic E-state index is 12.2. The van der Waals surface area contributed by atoms with Gasteiger partial charge in [0.25, 0.3) is 0 Å². The summed E-state index contributed by atoms with van der Waals surface area (Å²) in [5, 5.41) is 6.28. The lowest BCUT2D eigenvalue weighted by Crippen LogP contribution is -2.35. The molecule has 1 unspecified atom stereocenters. The van der Waals surface area contributed by atoms with Crippen LogP contribution in [-0.4, -0.2) is 31.6 Å². The van der Waals surface area contributed by atoms with Crippen LogP contribution in [-0.2, 0) is 4.79 Å². The molecule has 21 heavy (non-hydrogen) atoms. The molecule has 0 bridgehead atoms. The summed E-state index contributed by atoms with van der Waals surface area (Å²) >= 11 is 0. The van der Waals surface area contributed by atoms with Gasteiger partial charge in [-0.05, 0) is 56.3 Å². The standard InChI is InChI=1S/C17H25N3O/c1-13-7-10-20(11-8-13)15-5-2-4-14(12-15)19-17(21)16-6-3-9-18-16/h2,4-5,12-13,16,18H,3,6-11H2,1H3,(H,19,21). The first-order valence-corrected chi connectivity index (χ1v) is 8.11. The number of piperidine rings is 1. The Morgan fingerprint density at radius 1 is 1.29 bits per heavy atom. The monoisotopic (exact) mass is 287 g/mol. The van der Waals surface area contributed by atoms with E-state index in [2.05, 4.69) is 34.6 Å². The summed E-state index contributed by atoms with van der Waals surface area (Å²) < 4.78 is 0. The van der Waals surface area contributed by atoms with Crippen LogP contribution in [0.1, 0.15) is 32.6 Å². The number of anilines is 2. The van der Waals surface area contributed by atoms with Crippen molar-refractivity contribution in [2.45, 2.75) is 38.6 Å². The smallest absolute Gasteiger partial charge is 0.241 e. The van der Waals surface area contributed by atoms with Crippen molar-refractivity contribution in [1.29, 1.82) is 0 Å². The van der Waals surface area contributed by atoms with Gasteiger partial charge in [0, 0.05) is 24.5 Å². The van der Waals surface area contributed by atoms with Crippen LogP contribution in [0.25, 0.3) is 0 Å². The maximum atomic E-state index is 12.2. The van der Waals surface area contributed by atoms with Gasteiger partial charge in [-0.25, -0.2) is 0 Å². The van der Waals surface area contributed by atoms with Crippen LogP contribution >= 0.6 is 0 Å². The van der Waals surface area contributed by atoms with E-state index in [1.54, 1.807) is 0 Å². The third-order valence-corrected chi connectivity index (χ3v) is 4.64. The van der Waals surface area contributed by atoms with Gasteiger partial charge >= 0.3 is 0 Å². The number of nitrogens with zero attached hydrogens (tertiary/aromatic N) is 1. The molecule has 0 saturated carbocycles. The lowest BCUT2D eigenvalue weighted by atomic mass is 9.99. The lowest BCUT2D eigenvalue weighted by Gasteiger charge is -2.32. The number of hydrogen-bond acceptors (Lipinski definition) is 3. The molecule has 0 spiro atoms. The minimum absolute atomic E-state index is 0.0236. The Hall–Kier alpha value is -1.55. The lowest BCUT2D eigenvalue weighted by molar-refractivity contribution is -0.117. The molecular formula is C17H25N3O. The molecule has 114 valence electrons. The molecule has 1 amide bonds. The highest BCUT2D eigenvalue weighted by molar-refractivity contribution is 5.95. The molecule has 2 aliphatic rings. The van der Waals surface area contributed by atoms with Gasteiger partial charge in [-0.15, -0.1) is 0 Å². The Morgan fingerprint density at radius 3 is 2.81 bits per heavy atom. The summed E-state index contributed by atoms with van der Waals surface area (Å²) in [6.45, 7) is 5.50. The largest absolute Gasteiger partial charge is 0.371 e. The van der Waals surface area contributed by atoms with Gasteiger partial charge in [-0.1, -0.05) is 13.0 Å². The Kier molecular flexibility index (Phi) is 4.44. The molecule has 3 rings (SSSR count). The number of rotatable bonds is 3. The molecule has 1 atom stereocenters. The molecule has 2 heterocycles. The van der Waals surface area contributed by atoms with Gasteiger partial charge in [-0.3, -0.25) is 4.79 Å². The topological polar surface area (TPSA) is 44.4 Å². The van der Waals surface area contributed by atoms with Crippen molar-refractivity contribution in [2.75, 3.05) is 29.9 Å². The molecule has 0 radical (unpaired) electrons. The SMILES string of the molecule is CC1CCN(c2cccc(NC(=O)C3CCCN3)c2)CC1. The summed E-state index contributed by atoms with van der Waals surface area (Å²) in [5.74, 6) is 0.925. The summed E-state index contributed by atoms with van der Waals surface area (Å²) in [4.78, 5) is 14.6. The van der Waals surface area contributed by atoms with Crippen LogP contribution in [0.4, 0.5) is 11.4 Å². The molecule has 2 fully saturated rings. The van der Waals surface area contributed by atoms with Crippen molar-refractivity contribution in [2.24, 2.45) is 5.92 Å². The molecule has 0 aliphatic carbocycles. The second-order valence-electron chi connectivity index (χ2n) is 6.36. The van der Waals surface area contributed by atoms with Crippen LogP contribution in [0, 0.1) is 5.92 Å². The number of benzene rings is 1. The molecule has 4 nitrogen and oxygen atoms in total. The first-order chi connectivity index (χ1) is 10.2. The number of hydrogen-bond donors (Lipinski definition) is 2. The fourth-order valence-corrected chi connectivity index (χ4v) is 3.18. The second-order valence-corrected chi connectivity index (χ2v) is 6.36. The van der Waals surface area contributed by atoms with Gasteiger partial charge in [0.15, 0.2) is 0 Å². The summed E-state index contributed by atoms with van der Waals surface area (Å²) in [5.41, 5.74) is 2.13. The number of carbonyl (C=O) groups is 1. The van der Waals surface area contributed by atoms with Gasteiger partial charge in [-0.2, -0.15) is 0 Å². The average Bonchev–Trinajstić information content (AvgIpc) is 3.02. The zero-order valence-corrected chi connectivity index (χ0v) is 12.8. The molecule has 2 saturated heterocycles. The minimum atomic E-state index is -0.0236. The highest BCUT2D eigenvalue weighted by atomic mass is 16.2. The summed E-state index contributed by atoms with van der Waals surface area (Å²) in [6, 6.07) is 8.22. The summed E-state index contributed by atoms with van der Waals surface area (Å²) in [6.07, 6.45) is 4.53. The molecular weight excluding hydrogens is 262 g/mol. The van der Waals surface area contributed by atoms with Crippen LogP contribution in [0.15, 0.2) is 24.3 Å². The zero-order valence-electron chi connectivity index (χ0n) is 12.8. The molecule has 2 N–H and O–H groups in total. The van der Waals surface area contributed by atoms with Gasteiger partial charge in [0.1, 0.15) is 0 Å². The Balaban J connectivity index is 1.64. The predicted molar refractivity (Wildman–Crippen MR) is 86.7 cm³/mol. The van der Waals surface area contributed by atoms with Gasteiger partial charge in [0.05, 0.1) is 6.04 Å². The normalized spacial score (nSPS) is 23.3. The van der Waals surface area contributed by atoms with Crippen molar-refractivity contribution in [3.05, 3.63) is 24.3 Å². The minimum Gasteiger partial charge on any atom is -0.371 e. The highest BCUT2D eigenvalue weighted by Gasteiger charge is 2.22. The number of carbonyl (C=O) groups excluding carboxylic acids is 1. The van der Waals surface area contributed by atoms with E-state index in [-0.39, 0.29) is 11.9 Å².